The second kappa shape index (κ2) is 7.12. The van der Waals surface area contributed by atoms with Gasteiger partial charge in [0.1, 0.15) is 0 Å². The second-order valence-electron chi connectivity index (χ2n) is 3.89. The van der Waals surface area contributed by atoms with E-state index in [1.165, 1.54) is 12.1 Å². The van der Waals surface area contributed by atoms with Crippen LogP contribution in [0.3, 0.4) is 0 Å². The molecule has 6 heteroatoms. The molecule has 3 N–H and O–H groups in total. The van der Waals surface area contributed by atoms with Gasteiger partial charge in [-0.3, -0.25) is 4.79 Å². The van der Waals surface area contributed by atoms with Gasteiger partial charge in [-0.25, -0.2) is 0 Å². The molecule has 100 valence electrons. The lowest BCUT2D eigenvalue weighted by Gasteiger charge is -2.16. The number of hydrogen-bond acceptors (Lipinski definition) is 3. The first kappa shape index (κ1) is 15.5. The van der Waals surface area contributed by atoms with Crippen molar-refractivity contribution in [3.05, 3.63) is 27.7 Å². The summed E-state index contributed by atoms with van der Waals surface area (Å²) in [7, 11) is 0. The van der Waals surface area contributed by atoms with E-state index in [4.69, 9.17) is 28.9 Å². The molecule has 1 rings (SSSR count). The van der Waals surface area contributed by atoms with Gasteiger partial charge in [-0.05, 0) is 24.8 Å². The van der Waals surface area contributed by atoms with Crippen LogP contribution in [-0.4, -0.2) is 24.0 Å². The predicted octanol–water partition coefficient (Wildman–Crippen LogP) is 3.45. The molecule has 1 amide bonds. The summed E-state index contributed by atoms with van der Waals surface area (Å²) in [6, 6.07) is 3.20. The van der Waals surface area contributed by atoms with Crippen molar-refractivity contribution >= 4 is 46.6 Å². The highest BCUT2D eigenvalue weighted by molar-refractivity contribution is 7.98. The average molecular weight is 307 g/mol. The van der Waals surface area contributed by atoms with Crippen LogP contribution in [0, 0.1) is 0 Å². The fraction of sp³-hybridized carbons (Fsp3) is 0.417. The lowest BCUT2D eigenvalue weighted by molar-refractivity contribution is 0.0940. The fourth-order valence-electron chi connectivity index (χ4n) is 1.45. The first-order chi connectivity index (χ1) is 8.49. The van der Waals surface area contributed by atoms with E-state index in [2.05, 4.69) is 5.32 Å². The molecule has 0 aliphatic heterocycles. The van der Waals surface area contributed by atoms with Crippen LogP contribution in [0.2, 0.25) is 10.0 Å². The Labute approximate surface area is 121 Å². The van der Waals surface area contributed by atoms with E-state index in [9.17, 15) is 4.79 Å². The molecule has 1 aromatic carbocycles. The van der Waals surface area contributed by atoms with E-state index >= 15 is 0 Å². The number of anilines is 1. The highest BCUT2D eigenvalue weighted by atomic mass is 35.5. The van der Waals surface area contributed by atoms with Gasteiger partial charge in [-0.2, -0.15) is 11.8 Å². The number of thioether (sulfide) groups is 1. The normalized spacial score (nSPS) is 12.2. The summed E-state index contributed by atoms with van der Waals surface area (Å²) < 4.78 is 0. The number of nitrogen functional groups attached to an aromatic ring is 1. The molecule has 1 aromatic rings. The Morgan fingerprint density at radius 2 is 2.00 bits per heavy atom. The third kappa shape index (κ3) is 3.97. The summed E-state index contributed by atoms with van der Waals surface area (Å²) in [6.45, 7) is 2.03. The summed E-state index contributed by atoms with van der Waals surface area (Å²) >= 11 is 13.5. The number of benzene rings is 1. The summed E-state index contributed by atoms with van der Waals surface area (Å²) in [5.41, 5.74) is 6.35. The smallest absolute Gasteiger partial charge is 0.251 e. The third-order valence-electron chi connectivity index (χ3n) is 2.54. The van der Waals surface area contributed by atoms with Gasteiger partial charge in [0.2, 0.25) is 0 Å². The highest BCUT2D eigenvalue weighted by Crippen LogP contribution is 2.28. The van der Waals surface area contributed by atoms with Gasteiger partial charge in [0.15, 0.2) is 0 Å². The zero-order valence-electron chi connectivity index (χ0n) is 10.3. The van der Waals surface area contributed by atoms with Crippen LogP contribution in [0.1, 0.15) is 23.7 Å². The molecule has 0 saturated carbocycles. The molecule has 0 spiro atoms. The molecule has 0 aliphatic carbocycles. The molecule has 3 nitrogen and oxygen atoms in total. The molecule has 1 atom stereocenters. The van der Waals surface area contributed by atoms with Crippen molar-refractivity contribution < 1.29 is 4.79 Å². The van der Waals surface area contributed by atoms with Crippen molar-refractivity contribution in [2.24, 2.45) is 0 Å². The Kier molecular flexibility index (Phi) is 6.12. The Morgan fingerprint density at radius 3 is 2.44 bits per heavy atom. The van der Waals surface area contributed by atoms with Gasteiger partial charge in [0.05, 0.1) is 15.7 Å². The minimum absolute atomic E-state index is 0.141. The first-order valence-electron chi connectivity index (χ1n) is 5.53. The topological polar surface area (TPSA) is 55.1 Å². The predicted molar refractivity (Wildman–Crippen MR) is 80.8 cm³/mol. The van der Waals surface area contributed by atoms with Crippen molar-refractivity contribution in [2.75, 3.05) is 17.7 Å². The molecule has 0 radical (unpaired) electrons. The quantitative estimate of drug-likeness (QED) is 0.819. The summed E-state index contributed by atoms with van der Waals surface area (Å²) in [4.78, 5) is 12.0. The Morgan fingerprint density at radius 1 is 1.44 bits per heavy atom. The molecule has 0 heterocycles. The monoisotopic (exact) mass is 306 g/mol. The summed E-state index contributed by atoms with van der Waals surface area (Å²) in [5.74, 6) is 0.693. The van der Waals surface area contributed by atoms with Crippen molar-refractivity contribution in [2.45, 2.75) is 19.4 Å². The van der Waals surface area contributed by atoms with Crippen LogP contribution in [0.15, 0.2) is 12.1 Å². The molecular formula is C12H16Cl2N2OS. The standard InChI is InChI=1S/C12H16Cl2N2OS/c1-3-8(6-18-2)16-12(17)7-4-9(13)11(15)10(14)5-7/h4-5,8H,3,6,15H2,1-2H3,(H,16,17). The van der Waals surface area contributed by atoms with Crippen molar-refractivity contribution in [3.63, 3.8) is 0 Å². The minimum Gasteiger partial charge on any atom is -0.396 e. The largest absolute Gasteiger partial charge is 0.396 e. The zero-order chi connectivity index (χ0) is 13.7. The van der Waals surface area contributed by atoms with E-state index in [0.29, 0.717) is 21.3 Å². The van der Waals surface area contributed by atoms with Crippen LogP contribution in [0.25, 0.3) is 0 Å². The summed E-state index contributed by atoms with van der Waals surface area (Å²) in [5, 5.41) is 3.53. The molecule has 0 fully saturated rings. The SMILES string of the molecule is CCC(CSC)NC(=O)c1cc(Cl)c(N)c(Cl)c1. The number of halogens is 2. The van der Waals surface area contributed by atoms with Gasteiger partial charge >= 0.3 is 0 Å². The number of nitrogens with two attached hydrogens (primary N) is 1. The number of carbonyl (C=O) groups excluding carboxylic acids is 1. The lowest BCUT2D eigenvalue weighted by Crippen LogP contribution is -2.36. The molecule has 0 saturated heterocycles. The van der Waals surface area contributed by atoms with E-state index in [1.807, 2.05) is 13.2 Å². The Hall–Kier alpha value is -0.580. The zero-order valence-corrected chi connectivity index (χ0v) is 12.6. The van der Waals surface area contributed by atoms with E-state index in [1.54, 1.807) is 11.8 Å². The molecule has 0 bridgehead atoms. The first-order valence-corrected chi connectivity index (χ1v) is 7.68. The number of amides is 1. The van der Waals surface area contributed by atoms with Crippen LogP contribution in [0.4, 0.5) is 5.69 Å². The van der Waals surface area contributed by atoms with E-state index in [0.717, 1.165) is 12.2 Å². The van der Waals surface area contributed by atoms with Gasteiger partial charge in [-0.1, -0.05) is 30.1 Å². The van der Waals surface area contributed by atoms with Gasteiger partial charge in [-0.15, -0.1) is 0 Å². The van der Waals surface area contributed by atoms with E-state index < -0.39 is 0 Å². The molecular weight excluding hydrogens is 291 g/mol. The Balaban J connectivity index is 2.84. The second-order valence-corrected chi connectivity index (χ2v) is 5.61. The Bertz CT molecular complexity index is 417. The average Bonchev–Trinajstić information content (AvgIpc) is 2.34. The van der Waals surface area contributed by atoms with Crippen LogP contribution >= 0.6 is 35.0 Å². The molecule has 0 aromatic heterocycles. The van der Waals surface area contributed by atoms with E-state index in [-0.39, 0.29) is 11.9 Å². The van der Waals surface area contributed by atoms with Crippen LogP contribution in [-0.2, 0) is 0 Å². The van der Waals surface area contributed by atoms with Crippen LogP contribution < -0.4 is 11.1 Å². The van der Waals surface area contributed by atoms with Gasteiger partial charge in [0, 0.05) is 17.4 Å². The minimum atomic E-state index is -0.181. The van der Waals surface area contributed by atoms with Crippen molar-refractivity contribution in [1.82, 2.24) is 5.32 Å². The summed E-state index contributed by atoms with van der Waals surface area (Å²) in [6.07, 6.45) is 2.88. The maximum Gasteiger partial charge on any atom is 0.251 e. The van der Waals surface area contributed by atoms with Crippen LogP contribution in [0.5, 0.6) is 0 Å². The number of hydrogen-bond donors (Lipinski definition) is 2. The number of carbonyl (C=O) groups is 1. The van der Waals surface area contributed by atoms with Crippen molar-refractivity contribution in [3.8, 4) is 0 Å². The van der Waals surface area contributed by atoms with Crippen molar-refractivity contribution in [1.29, 1.82) is 0 Å². The van der Waals surface area contributed by atoms with Gasteiger partial charge < -0.3 is 11.1 Å². The molecule has 0 aliphatic rings. The third-order valence-corrected chi connectivity index (χ3v) is 3.90. The highest BCUT2D eigenvalue weighted by Gasteiger charge is 2.14. The number of nitrogens with one attached hydrogen (secondary N) is 1. The molecule has 1 unspecified atom stereocenters. The maximum absolute atomic E-state index is 12.0. The van der Waals surface area contributed by atoms with Gasteiger partial charge in [0.25, 0.3) is 5.91 Å². The fourth-order valence-corrected chi connectivity index (χ4v) is 2.66. The maximum atomic E-state index is 12.0. The lowest BCUT2D eigenvalue weighted by atomic mass is 10.1. The molecule has 18 heavy (non-hydrogen) atoms. The number of rotatable bonds is 5.